The van der Waals surface area contributed by atoms with E-state index in [1.165, 1.54) is 23.1 Å². The van der Waals surface area contributed by atoms with Crippen molar-refractivity contribution in [3.8, 4) is 0 Å². The van der Waals surface area contributed by atoms with E-state index in [-0.39, 0.29) is 35.4 Å². The second-order valence-electron chi connectivity index (χ2n) is 12.2. The van der Waals surface area contributed by atoms with Gasteiger partial charge in [0, 0.05) is 24.6 Å². The molecule has 0 heterocycles. The fourth-order valence-electron chi connectivity index (χ4n) is 5.20. The molecule has 0 aliphatic carbocycles. The molecule has 4 aromatic rings. The van der Waals surface area contributed by atoms with E-state index in [2.05, 4.69) is 5.32 Å². The number of anilines is 1. The van der Waals surface area contributed by atoms with Gasteiger partial charge >= 0.3 is 0 Å². The van der Waals surface area contributed by atoms with Gasteiger partial charge < -0.3 is 10.2 Å². The highest BCUT2D eigenvalue weighted by molar-refractivity contribution is 7.92. The molecule has 0 spiro atoms. The number of carbonyl (C=O) groups excluding carboxylic acids is 2. The minimum atomic E-state index is -4.23. The molecule has 47 heavy (non-hydrogen) atoms. The quantitative estimate of drug-likeness (QED) is 0.158. The minimum Gasteiger partial charge on any atom is -0.352 e. The minimum absolute atomic E-state index is 0.0276. The van der Waals surface area contributed by atoms with Crippen molar-refractivity contribution in [1.82, 2.24) is 10.2 Å². The third-order valence-electron chi connectivity index (χ3n) is 8.31. The lowest BCUT2D eigenvalue weighted by atomic mass is 10.0. The zero-order valence-corrected chi connectivity index (χ0v) is 28.5. The van der Waals surface area contributed by atoms with Gasteiger partial charge in [0.15, 0.2) is 0 Å². The van der Waals surface area contributed by atoms with E-state index in [9.17, 15) is 18.0 Å². The maximum absolute atomic E-state index is 15.1. The lowest BCUT2D eigenvalue weighted by molar-refractivity contribution is -0.140. The topological polar surface area (TPSA) is 86.8 Å². The second-order valence-corrected chi connectivity index (χ2v) is 14.1. The SMILES string of the molecule is CCC(C)NC(=O)C(Cc1ccccc1)N(Cc1ccccc1F)C(=O)CN(c1ccc(C(C)C)cc1)S(=O)(=O)c1ccc(C)cc1. The molecule has 0 aliphatic heterocycles. The van der Waals surface area contributed by atoms with Gasteiger partial charge in [-0.2, -0.15) is 0 Å². The molecule has 2 atom stereocenters. The van der Waals surface area contributed by atoms with Crippen LogP contribution in [0.4, 0.5) is 10.1 Å². The van der Waals surface area contributed by atoms with Crippen molar-refractivity contribution in [2.75, 3.05) is 10.8 Å². The summed E-state index contributed by atoms with van der Waals surface area (Å²) in [6, 6.07) is 27.6. The highest BCUT2D eigenvalue weighted by atomic mass is 32.2. The van der Waals surface area contributed by atoms with Crippen molar-refractivity contribution in [3.05, 3.63) is 131 Å². The molecule has 0 aliphatic rings. The van der Waals surface area contributed by atoms with Gasteiger partial charge in [-0.05, 0) is 67.6 Å². The Kier molecular flexibility index (Phi) is 11.9. The molecular formula is C38H44FN3O4S. The molecule has 0 bridgehead atoms. The van der Waals surface area contributed by atoms with Crippen LogP contribution in [0.3, 0.4) is 0 Å². The Morgan fingerprint density at radius 3 is 2.04 bits per heavy atom. The largest absolute Gasteiger partial charge is 0.352 e. The second kappa shape index (κ2) is 15.9. The van der Waals surface area contributed by atoms with Gasteiger partial charge in [-0.1, -0.05) is 99.1 Å². The van der Waals surface area contributed by atoms with Gasteiger partial charge in [0.1, 0.15) is 18.4 Å². The number of rotatable bonds is 14. The summed E-state index contributed by atoms with van der Waals surface area (Å²) in [7, 11) is -4.23. The van der Waals surface area contributed by atoms with Crippen molar-refractivity contribution in [1.29, 1.82) is 0 Å². The summed E-state index contributed by atoms with van der Waals surface area (Å²) in [5.41, 5.74) is 3.22. The van der Waals surface area contributed by atoms with E-state index < -0.39 is 40.2 Å². The molecule has 0 fully saturated rings. The number of aryl methyl sites for hydroxylation is 1. The van der Waals surface area contributed by atoms with Crippen molar-refractivity contribution in [3.63, 3.8) is 0 Å². The Bertz CT molecular complexity index is 1740. The zero-order valence-electron chi connectivity index (χ0n) is 27.7. The molecule has 7 nitrogen and oxygen atoms in total. The van der Waals surface area contributed by atoms with Crippen LogP contribution in [-0.2, 0) is 32.6 Å². The summed E-state index contributed by atoms with van der Waals surface area (Å²) in [6.07, 6.45) is 0.817. The smallest absolute Gasteiger partial charge is 0.264 e. The van der Waals surface area contributed by atoms with Crippen molar-refractivity contribution < 1.29 is 22.4 Å². The predicted octanol–water partition coefficient (Wildman–Crippen LogP) is 7.01. The van der Waals surface area contributed by atoms with Crippen molar-refractivity contribution in [2.45, 2.75) is 76.9 Å². The Morgan fingerprint density at radius 2 is 1.45 bits per heavy atom. The van der Waals surface area contributed by atoms with Crippen molar-refractivity contribution in [2.24, 2.45) is 0 Å². The van der Waals surface area contributed by atoms with Crippen LogP contribution in [0, 0.1) is 12.7 Å². The summed E-state index contributed by atoms with van der Waals surface area (Å²) in [5.74, 6) is -1.36. The fourth-order valence-corrected chi connectivity index (χ4v) is 6.61. The van der Waals surface area contributed by atoms with Crippen LogP contribution < -0.4 is 9.62 Å². The number of amides is 2. The normalized spacial score (nSPS) is 12.7. The van der Waals surface area contributed by atoms with E-state index in [4.69, 9.17) is 0 Å². The molecular weight excluding hydrogens is 614 g/mol. The highest BCUT2D eigenvalue weighted by Gasteiger charge is 2.35. The van der Waals surface area contributed by atoms with Crippen LogP contribution in [0.15, 0.2) is 108 Å². The number of sulfonamides is 1. The Hall–Kier alpha value is -4.50. The van der Waals surface area contributed by atoms with Crippen LogP contribution in [-0.4, -0.2) is 43.8 Å². The molecule has 248 valence electrons. The zero-order chi connectivity index (χ0) is 34.1. The molecule has 4 aromatic carbocycles. The van der Waals surface area contributed by atoms with Gasteiger partial charge in [0.25, 0.3) is 10.0 Å². The van der Waals surface area contributed by atoms with Crippen molar-refractivity contribution >= 4 is 27.5 Å². The van der Waals surface area contributed by atoms with Gasteiger partial charge in [-0.25, -0.2) is 12.8 Å². The summed E-state index contributed by atoms with van der Waals surface area (Å²) in [4.78, 5) is 29.8. The van der Waals surface area contributed by atoms with Crippen LogP contribution in [0.5, 0.6) is 0 Å². The number of nitrogens with one attached hydrogen (secondary N) is 1. The maximum Gasteiger partial charge on any atom is 0.264 e. The molecule has 4 rings (SSSR count). The highest BCUT2D eigenvalue weighted by Crippen LogP contribution is 2.27. The lowest BCUT2D eigenvalue weighted by Crippen LogP contribution is -2.54. The molecule has 2 unspecified atom stereocenters. The van der Waals surface area contributed by atoms with Crippen LogP contribution >= 0.6 is 0 Å². The summed E-state index contributed by atoms with van der Waals surface area (Å²) in [6.45, 7) is 8.92. The van der Waals surface area contributed by atoms with E-state index in [0.717, 1.165) is 21.0 Å². The number of benzene rings is 4. The maximum atomic E-state index is 15.1. The molecule has 0 radical (unpaired) electrons. The first kappa shape index (κ1) is 35.4. The molecule has 9 heteroatoms. The summed E-state index contributed by atoms with van der Waals surface area (Å²) in [5, 5.41) is 2.99. The molecule has 1 N–H and O–H groups in total. The first-order valence-electron chi connectivity index (χ1n) is 16.0. The number of halogens is 1. The van der Waals surface area contributed by atoms with Gasteiger partial charge in [0.2, 0.25) is 11.8 Å². The van der Waals surface area contributed by atoms with Crippen LogP contribution in [0.2, 0.25) is 0 Å². The number of hydrogen-bond acceptors (Lipinski definition) is 4. The third-order valence-corrected chi connectivity index (χ3v) is 10.1. The third kappa shape index (κ3) is 9.07. The monoisotopic (exact) mass is 657 g/mol. The Labute approximate surface area is 278 Å². The van der Waals surface area contributed by atoms with E-state index in [1.807, 2.05) is 77.1 Å². The Balaban J connectivity index is 1.82. The number of carbonyl (C=O) groups is 2. The lowest BCUT2D eigenvalue weighted by Gasteiger charge is -2.34. The van der Waals surface area contributed by atoms with Gasteiger partial charge in [-0.3, -0.25) is 13.9 Å². The molecule has 0 aromatic heterocycles. The average molecular weight is 658 g/mol. The molecule has 0 saturated heterocycles. The number of hydrogen-bond donors (Lipinski definition) is 1. The van der Waals surface area contributed by atoms with Crippen LogP contribution in [0.1, 0.15) is 62.3 Å². The van der Waals surface area contributed by atoms with Gasteiger partial charge in [0.05, 0.1) is 10.6 Å². The van der Waals surface area contributed by atoms with E-state index >= 15 is 4.39 Å². The fraction of sp³-hybridized carbons (Fsp3) is 0.316. The first-order chi connectivity index (χ1) is 22.4. The predicted molar refractivity (Wildman–Crippen MR) is 185 cm³/mol. The first-order valence-corrected chi connectivity index (χ1v) is 17.4. The Morgan fingerprint density at radius 1 is 0.830 bits per heavy atom. The standard InChI is InChI=1S/C38H44FN3O4S/c1-6-29(5)40-38(44)36(24-30-12-8-7-9-13-30)41(25-32-14-10-11-15-35(32)39)37(43)26-42(33-20-18-31(19-21-33)27(2)3)47(45,46)34-22-16-28(4)17-23-34/h7-23,27,29,36H,6,24-26H2,1-5H3,(H,40,44). The molecule has 0 saturated carbocycles. The van der Waals surface area contributed by atoms with Gasteiger partial charge in [-0.15, -0.1) is 0 Å². The summed E-state index contributed by atoms with van der Waals surface area (Å²) < 4.78 is 44.6. The van der Waals surface area contributed by atoms with Crippen LogP contribution in [0.25, 0.3) is 0 Å². The molecule has 2 amide bonds. The van der Waals surface area contributed by atoms with E-state index in [0.29, 0.717) is 12.1 Å². The average Bonchev–Trinajstić information content (AvgIpc) is 3.06. The summed E-state index contributed by atoms with van der Waals surface area (Å²) >= 11 is 0. The number of nitrogens with zero attached hydrogens (tertiary/aromatic N) is 2. The van der Waals surface area contributed by atoms with E-state index in [1.54, 1.807) is 42.5 Å².